The van der Waals surface area contributed by atoms with Gasteiger partial charge in [0, 0.05) is 12.1 Å². The Morgan fingerprint density at radius 1 is 0.960 bits per heavy atom. The molecule has 0 aliphatic carbocycles. The smallest absolute Gasteiger partial charge is 0.348 e. The minimum absolute atomic E-state index is 0.0538. The summed E-state index contributed by atoms with van der Waals surface area (Å²) in [5.41, 5.74) is 0.544. The Morgan fingerprint density at radius 2 is 1.72 bits per heavy atom. The Labute approximate surface area is 141 Å². The molecular weight excluding hydrogens is 324 g/mol. The van der Waals surface area contributed by atoms with Crippen molar-refractivity contribution in [2.24, 2.45) is 0 Å². The predicted octanol–water partition coefficient (Wildman–Crippen LogP) is 3.93. The molecule has 2 aromatic heterocycles. The van der Waals surface area contributed by atoms with Gasteiger partial charge in [-0.2, -0.15) is 0 Å². The zero-order valence-corrected chi connectivity index (χ0v) is 13.5. The summed E-state index contributed by atoms with van der Waals surface area (Å²) in [6, 6.07) is 12.1. The second-order valence-corrected chi connectivity index (χ2v) is 5.44. The van der Waals surface area contributed by atoms with Gasteiger partial charge in [-0.15, -0.1) is 0 Å². The molecule has 0 spiro atoms. The van der Waals surface area contributed by atoms with Crippen LogP contribution in [0.4, 0.5) is 0 Å². The van der Waals surface area contributed by atoms with Crippen LogP contribution in [0.2, 0.25) is 0 Å². The molecule has 0 fully saturated rings. The lowest BCUT2D eigenvalue weighted by Gasteiger charge is -2.05. The number of furan rings is 1. The Morgan fingerprint density at radius 3 is 2.40 bits per heavy atom. The van der Waals surface area contributed by atoms with E-state index in [2.05, 4.69) is 0 Å². The molecular formula is C19H14O6. The van der Waals surface area contributed by atoms with Crippen LogP contribution in [0.5, 0.6) is 17.2 Å². The van der Waals surface area contributed by atoms with Crippen molar-refractivity contribution in [3.05, 3.63) is 52.9 Å². The summed E-state index contributed by atoms with van der Waals surface area (Å²) in [7, 11) is 3.01. The van der Waals surface area contributed by atoms with Gasteiger partial charge in [-0.25, -0.2) is 4.79 Å². The van der Waals surface area contributed by atoms with Crippen molar-refractivity contribution < 1.29 is 23.4 Å². The Hall–Kier alpha value is -3.41. The largest absolute Gasteiger partial charge is 0.504 e. The molecule has 25 heavy (non-hydrogen) atoms. The summed E-state index contributed by atoms with van der Waals surface area (Å²) in [5.74, 6) is 0.673. The van der Waals surface area contributed by atoms with Crippen molar-refractivity contribution >= 4 is 22.1 Å². The highest BCUT2D eigenvalue weighted by Gasteiger charge is 2.23. The van der Waals surface area contributed by atoms with Gasteiger partial charge in [0.15, 0.2) is 11.3 Å². The van der Waals surface area contributed by atoms with E-state index in [9.17, 15) is 9.90 Å². The van der Waals surface area contributed by atoms with Gasteiger partial charge in [0.2, 0.25) is 5.58 Å². The molecule has 2 aromatic carbocycles. The van der Waals surface area contributed by atoms with E-state index in [-0.39, 0.29) is 22.5 Å². The molecule has 0 atom stereocenters. The lowest BCUT2D eigenvalue weighted by molar-refractivity contribution is 0.397. The fraction of sp³-hybridized carbons (Fsp3) is 0.105. The van der Waals surface area contributed by atoms with Crippen molar-refractivity contribution in [3.8, 4) is 28.4 Å². The lowest BCUT2D eigenvalue weighted by atomic mass is 10.1. The van der Waals surface area contributed by atoms with Crippen LogP contribution >= 0.6 is 0 Å². The lowest BCUT2D eigenvalue weighted by Crippen LogP contribution is -2.02. The highest BCUT2D eigenvalue weighted by atomic mass is 16.5. The zero-order chi connectivity index (χ0) is 17.6. The maximum absolute atomic E-state index is 12.5. The third kappa shape index (κ3) is 2.22. The maximum atomic E-state index is 12.5. The van der Waals surface area contributed by atoms with Crippen molar-refractivity contribution in [2.75, 3.05) is 14.2 Å². The maximum Gasteiger partial charge on any atom is 0.348 e. The number of methoxy groups -OCH3 is 2. The van der Waals surface area contributed by atoms with E-state index in [0.717, 1.165) is 0 Å². The van der Waals surface area contributed by atoms with Gasteiger partial charge in [-0.1, -0.05) is 30.3 Å². The van der Waals surface area contributed by atoms with Crippen LogP contribution in [-0.4, -0.2) is 19.3 Å². The Kier molecular flexibility index (Phi) is 3.39. The molecule has 0 unspecified atom stereocenters. The molecule has 4 aromatic rings. The fourth-order valence-corrected chi connectivity index (χ4v) is 2.89. The molecule has 126 valence electrons. The van der Waals surface area contributed by atoms with Crippen LogP contribution in [0.25, 0.3) is 33.3 Å². The van der Waals surface area contributed by atoms with Gasteiger partial charge in [-0.05, 0) is 5.56 Å². The molecule has 0 amide bonds. The van der Waals surface area contributed by atoms with E-state index in [1.54, 1.807) is 36.4 Å². The fourth-order valence-electron chi connectivity index (χ4n) is 2.89. The number of hydrogen-bond donors (Lipinski definition) is 1. The molecule has 0 aliphatic rings. The Balaban J connectivity index is 2.12. The van der Waals surface area contributed by atoms with E-state index in [1.165, 1.54) is 14.2 Å². The summed E-state index contributed by atoms with van der Waals surface area (Å²) >= 11 is 0. The van der Waals surface area contributed by atoms with Crippen molar-refractivity contribution in [2.45, 2.75) is 0 Å². The van der Waals surface area contributed by atoms with Gasteiger partial charge < -0.3 is 23.4 Å². The van der Waals surface area contributed by atoms with Crippen LogP contribution in [0.15, 0.2) is 56.1 Å². The van der Waals surface area contributed by atoms with Crippen LogP contribution in [0.3, 0.4) is 0 Å². The van der Waals surface area contributed by atoms with Gasteiger partial charge in [-0.3, -0.25) is 0 Å². The summed E-state index contributed by atoms with van der Waals surface area (Å²) in [6.45, 7) is 0. The highest BCUT2D eigenvalue weighted by Crippen LogP contribution is 2.43. The second kappa shape index (κ2) is 5.59. The van der Waals surface area contributed by atoms with E-state index in [1.807, 2.05) is 6.07 Å². The molecule has 1 N–H and O–H groups in total. The first-order valence-corrected chi connectivity index (χ1v) is 7.53. The molecule has 0 radical (unpaired) electrons. The van der Waals surface area contributed by atoms with Crippen LogP contribution in [0.1, 0.15) is 0 Å². The molecule has 6 heteroatoms. The quantitative estimate of drug-likeness (QED) is 0.609. The number of ether oxygens (including phenoxy) is 2. The first kappa shape index (κ1) is 15.1. The van der Waals surface area contributed by atoms with Crippen molar-refractivity contribution in [1.82, 2.24) is 0 Å². The number of benzene rings is 2. The number of aromatic hydroxyl groups is 1. The Bertz CT molecular complexity index is 1140. The highest BCUT2D eigenvalue weighted by molar-refractivity contribution is 6.08. The SMILES string of the molecule is COc1cc(OC)c2c(c1)oc1c(O)c(-c3ccccc3)c(=O)oc12. The van der Waals surface area contributed by atoms with E-state index >= 15 is 0 Å². The van der Waals surface area contributed by atoms with E-state index in [0.29, 0.717) is 28.0 Å². The average Bonchev–Trinajstić information content (AvgIpc) is 3.00. The molecule has 0 bridgehead atoms. The van der Waals surface area contributed by atoms with Crippen LogP contribution in [0, 0.1) is 0 Å². The molecule has 6 nitrogen and oxygen atoms in total. The van der Waals surface area contributed by atoms with Crippen molar-refractivity contribution in [3.63, 3.8) is 0 Å². The molecule has 0 saturated carbocycles. The van der Waals surface area contributed by atoms with Gasteiger partial charge >= 0.3 is 5.63 Å². The van der Waals surface area contributed by atoms with Gasteiger partial charge in [0.1, 0.15) is 28.0 Å². The molecule has 0 aliphatic heterocycles. The normalized spacial score (nSPS) is 11.1. The van der Waals surface area contributed by atoms with E-state index in [4.69, 9.17) is 18.3 Å². The monoisotopic (exact) mass is 338 g/mol. The number of rotatable bonds is 3. The standard InChI is InChI=1S/C19H14O6/c1-22-11-8-12(23-2)15-13(9-11)24-18-16(20)14(19(21)25-17(15)18)10-6-4-3-5-7-10/h3-9,20H,1-2H3. The third-order valence-electron chi connectivity index (χ3n) is 4.05. The first-order chi connectivity index (χ1) is 12.1. The topological polar surface area (TPSA) is 82.0 Å². The number of fused-ring (bicyclic) bond motifs is 3. The predicted molar refractivity (Wildman–Crippen MR) is 92.5 cm³/mol. The molecule has 0 saturated heterocycles. The summed E-state index contributed by atoms with van der Waals surface area (Å²) in [6.07, 6.45) is 0. The second-order valence-electron chi connectivity index (χ2n) is 5.44. The third-order valence-corrected chi connectivity index (χ3v) is 4.05. The summed E-state index contributed by atoms with van der Waals surface area (Å²) in [4.78, 5) is 12.5. The van der Waals surface area contributed by atoms with Crippen molar-refractivity contribution in [1.29, 1.82) is 0 Å². The summed E-state index contributed by atoms with van der Waals surface area (Å²) in [5, 5.41) is 11.1. The summed E-state index contributed by atoms with van der Waals surface area (Å²) < 4.78 is 21.8. The number of hydrogen-bond acceptors (Lipinski definition) is 6. The zero-order valence-electron chi connectivity index (χ0n) is 13.5. The van der Waals surface area contributed by atoms with Crippen LogP contribution in [-0.2, 0) is 0 Å². The minimum atomic E-state index is -0.656. The first-order valence-electron chi connectivity index (χ1n) is 7.53. The van der Waals surface area contributed by atoms with Crippen LogP contribution < -0.4 is 15.1 Å². The van der Waals surface area contributed by atoms with Gasteiger partial charge in [0.25, 0.3) is 0 Å². The minimum Gasteiger partial charge on any atom is -0.504 e. The van der Waals surface area contributed by atoms with E-state index < -0.39 is 5.63 Å². The molecule has 2 heterocycles. The molecule has 4 rings (SSSR count). The van der Waals surface area contributed by atoms with Gasteiger partial charge in [0.05, 0.1) is 14.2 Å². The average molecular weight is 338 g/mol.